The standard InChI is InChI=1S/C19H27N3O3/c1-13-9-17(14(2)22(13)7-8-25-4)10-18(11-20)19(24)21-6-5-16(12-21)15(3)23/h9-10,15-16,23H,5-8,12H2,1-4H3/b18-10-. The van der Waals surface area contributed by atoms with E-state index in [4.69, 9.17) is 4.74 Å². The fourth-order valence-electron chi connectivity index (χ4n) is 3.33. The Morgan fingerprint density at radius 3 is 2.84 bits per heavy atom. The molecule has 0 saturated carbocycles. The second-order valence-electron chi connectivity index (χ2n) is 6.68. The van der Waals surface area contributed by atoms with Crippen LogP contribution in [0.4, 0.5) is 0 Å². The number of ether oxygens (including phenoxy) is 1. The maximum absolute atomic E-state index is 12.7. The summed E-state index contributed by atoms with van der Waals surface area (Å²) < 4.78 is 7.25. The van der Waals surface area contributed by atoms with Gasteiger partial charge in [-0.25, -0.2) is 0 Å². The summed E-state index contributed by atoms with van der Waals surface area (Å²) in [5, 5.41) is 19.2. The minimum atomic E-state index is -0.438. The van der Waals surface area contributed by atoms with Crippen molar-refractivity contribution in [3.63, 3.8) is 0 Å². The quantitative estimate of drug-likeness (QED) is 0.631. The molecule has 0 aliphatic carbocycles. The van der Waals surface area contributed by atoms with E-state index in [1.807, 2.05) is 26.0 Å². The average molecular weight is 345 g/mol. The van der Waals surface area contributed by atoms with Gasteiger partial charge in [0, 0.05) is 44.0 Å². The summed E-state index contributed by atoms with van der Waals surface area (Å²) in [7, 11) is 1.66. The third-order valence-corrected chi connectivity index (χ3v) is 4.98. The third-order valence-electron chi connectivity index (χ3n) is 4.98. The molecule has 6 nitrogen and oxygen atoms in total. The molecule has 2 atom stereocenters. The molecule has 1 saturated heterocycles. The van der Waals surface area contributed by atoms with Crippen molar-refractivity contribution in [3.05, 3.63) is 28.6 Å². The summed E-state index contributed by atoms with van der Waals surface area (Å²) >= 11 is 0. The number of rotatable bonds is 6. The first-order valence-corrected chi connectivity index (χ1v) is 8.63. The highest BCUT2D eigenvalue weighted by molar-refractivity contribution is 6.02. The number of aliphatic hydroxyl groups is 1. The molecule has 0 spiro atoms. The molecule has 0 radical (unpaired) electrons. The van der Waals surface area contributed by atoms with E-state index >= 15 is 0 Å². The van der Waals surface area contributed by atoms with Gasteiger partial charge in [-0.2, -0.15) is 5.26 Å². The zero-order chi connectivity index (χ0) is 18.6. The van der Waals surface area contributed by atoms with Gasteiger partial charge in [0.1, 0.15) is 11.6 Å². The number of likely N-dealkylation sites (tertiary alicyclic amines) is 1. The number of aryl methyl sites for hydroxylation is 1. The molecule has 6 heteroatoms. The predicted molar refractivity (Wildman–Crippen MR) is 95.7 cm³/mol. The molecule has 1 amide bonds. The first kappa shape index (κ1) is 19.2. The molecule has 2 rings (SSSR count). The van der Waals surface area contributed by atoms with E-state index in [0.717, 1.165) is 29.9 Å². The van der Waals surface area contributed by atoms with E-state index in [0.29, 0.717) is 19.7 Å². The second-order valence-corrected chi connectivity index (χ2v) is 6.68. The maximum Gasteiger partial charge on any atom is 0.264 e. The largest absolute Gasteiger partial charge is 0.393 e. The lowest BCUT2D eigenvalue weighted by molar-refractivity contribution is -0.125. The summed E-state index contributed by atoms with van der Waals surface area (Å²) in [6, 6.07) is 4.03. The molecule has 1 fully saturated rings. The summed E-state index contributed by atoms with van der Waals surface area (Å²) in [5.41, 5.74) is 3.10. The van der Waals surface area contributed by atoms with Gasteiger partial charge in [-0.1, -0.05) is 0 Å². The van der Waals surface area contributed by atoms with Crippen LogP contribution in [0.2, 0.25) is 0 Å². The van der Waals surface area contributed by atoms with Crippen LogP contribution in [0.25, 0.3) is 6.08 Å². The van der Waals surface area contributed by atoms with Gasteiger partial charge in [0.2, 0.25) is 0 Å². The van der Waals surface area contributed by atoms with Gasteiger partial charge in [-0.05, 0) is 44.9 Å². The van der Waals surface area contributed by atoms with Gasteiger partial charge in [0.15, 0.2) is 0 Å². The van der Waals surface area contributed by atoms with Gasteiger partial charge in [-0.15, -0.1) is 0 Å². The fraction of sp³-hybridized carbons (Fsp3) is 0.579. The second kappa shape index (κ2) is 8.32. The first-order chi connectivity index (χ1) is 11.9. The maximum atomic E-state index is 12.7. The van der Waals surface area contributed by atoms with Crippen LogP contribution < -0.4 is 0 Å². The highest BCUT2D eigenvalue weighted by Crippen LogP contribution is 2.23. The van der Waals surface area contributed by atoms with Crippen molar-refractivity contribution >= 4 is 12.0 Å². The normalized spacial score (nSPS) is 19.1. The highest BCUT2D eigenvalue weighted by Gasteiger charge is 2.30. The number of hydrogen-bond donors (Lipinski definition) is 1. The van der Waals surface area contributed by atoms with Crippen LogP contribution in [0.15, 0.2) is 11.6 Å². The van der Waals surface area contributed by atoms with Crippen LogP contribution in [-0.4, -0.2) is 53.4 Å². The van der Waals surface area contributed by atoms with Crippen molar-refractivity contribution in [1.29, 1.82) is 5.26 Å². The van der Waals surface area contributed by atoms with Gasteiger partial charge in [0.25, 0.3) is 5.91 Å². The summed E-state index contributed by atoms with van der Waals surface area (Å²) in [6.45, 7) is 8.16. The van der Waals surface area contributed by atoms with Crippen molar-refractivity contribution in [2.24, 2.45) is 5.92 Å². The molecule has 0 aromatic carbocycles. The molecule has 0 bridgehead atoms. The van der Waals surface area contributed by atoms with Crippen molar-refractivity contribution in [2.75, 3.05) is 26.8 Å². The Bertz CT molecular complexity index is 698. The Morgan fingerprint density at radius 1 is 1.56 bits per heavy atom. The Morgan fingerprint density at radius 2 is 2.28 bits per heavy atom. The Kier molecular flexibility index (Phi) is 6.40. The molecule has 1 aromatic rings. The molecule has 25 heavy (non-hydrogen) atoms. The lowest BCUT2D eigenvalue weighted by atomic mass is 10.0. The number of aliphatic hydroxyl groups excluding tert-OH is 1. The van der Waals surface area contributed by atoms with Crippen LogP contribution in [0.3, 0.4) is 0 Å². The van der Waals surface area contributed by atoms with Gasteiger partial charge < -0.3 is 19.3 Å². The number of aromatic nitrogens is 1. The smallest absolute Gasteiger partial charge is 0.264 e. The highest BCUT2D eigenvalue weighted by atomic mass is 16.5. The molecule has 2 heterocycles. The monoisotopic (exact) mass is 345 g/mol. The molecule has 1 aliphatic rings. The Balaban J connectivity index is 2.21. The van der Waals surface area contributed by atoms with Gasteiger partial charge in [0.05, 0.1) is 12.7 Å². The van der Waals surface area contributed by atoms with E-state index < -0.39 is 6.10 Å². The Labute approximate surface area is 149 Å². The van der Waals surface area contributed by atoms with Crippen LogP contribution in [0, 0.1) is 31.1 Å². The first-order valence-electron chi connectivity index (χ1n) is 8.63. The molecular formula is C19H27N3O3. The number of methoxy groups -OCH3 is 1. The summed E-state index contributed by atoms with van der Waals surface area (Å²) in [4.78, 5) is 14.3. The van der Waals surface area contributed by atoms with Crippen molar-refractivity contribution < 1.29 is 14.6 Å². The topological polar surface area (TPSA) is 78.5 Å². The minimum absolute atomic E-state index is 0.0861. The van der Waals surface area contributed by atoms with Crippen LogP contribution in [-0.2, 0) is 16.1 Å². The number of carbonyl (C=O) groups is 1. The minimum Gasteiger partial charge on any atom is -0.393 e. The van der Waals surface area contributed by atoms with E-state index in [9.17, 15) is 15.2 Å². The van der Waals surface area contributed by atoms with Gasteiger partial charge >= 0.3 is 0 Å². The van der Waals surface area contributed by atoms with Crippen LogP contribution >= 0.6 is 0 Å². The molecule has 1 aromatic heterocycles. The fourth-order valence-corrected chi connectivity index (χ4v) is 3.33. The van der Waals surface area contributed by atoms with E-state index in [-0.39, 0.29) is 17.4 Å². The number of amides is 1. The molecule has 1 aliphatic heterocycles. The van der Waals surface area contributed by atoms with E-state index in [2.05, 4.69) is 4.57 Å². The van der Waals surface area contributed by atoms with Crippen molar-refractivity contribution in [1.82, 2.24) is 9.47 Å². The number of nitriles is 1. The lowest BCUT2D eigenvalue weighted by Gasteiger charge is -2.17. The van der Waals surface area contributed by atoms with Crippen molar-refractivity contribution in [3.8, 4) is 6.07 Å². The summed E-state index contributed by atoms with van der Waals surface area (Å²) in [6.07, 6.45) is 2.00. The van der Waals surface area contributed by atoms with Crippen LogP contribution in [0.1, 0.15) is 30.3 Å². The Hall–Kier alpha value is -2.10. The zero-order valence-electron chi connectivity index (χ0n) is 15.5. The third kappa shape index (κ3) is 4.30. The van der Waals surface area contributed by atoms with E-state index in [1.54, 1.807) is 25.0 Å². The molecular weight excluding hydrogens is 318 g/mol. The number of carbonyl (C=O) groups excluding carboxylic acids is 1. The molecule has 2 unspecified atom stereocenters. The van der Waals surface area contributed by atoms with E-state index in [1.165, 1.54) is 0 Å². The summed E-state index contributed by atoms with van der Waals surface area (Å²) in [5.74, 6) is -0.171. The average Bonchev–Trinajstić information content (AvgIpc) is 3.17. The number of nitrogens with zero attached hydrogens (tertiary/aromatic N) is 3. The number of hydrogen-bond acceptors (Lipinski definition) is 4. The van der Waals surface area contributed by atoms with Crippen molar-refractivity contribution in [2.45, 2.75) is 39.8 Å². The lowest BCUT2D eigenvalue weighted by Crippen LogP contribution is -2.31. The molecule has 1 N–H and O–H groups in total. The predicted octanol–water partition coefficient (Wildman–Crippen LogP) is 1.89. The molecule has 136 valence electrons. The SMILES string of the molecule is COCCn1c(C)cc(/C=C(/C#N)C(=O)N2CCC(C(C)O)C2)c1C. The van der Waals surface area contributed by atoms with Gasteiger partial charge in [-0.3, -0.25) is 4.79 Å². The van der Waals surface area contributed by atoms with Crippen LogP contribution in [0.5, 0.6) is 0 Å². The zero-order valence-corrected chi connectivity index (χ0v) is 15.5.